The van der Waals surface area contributed by atoms with E-state index >= 15 is 0 Å². The first-order chi connectivity index (χ1) is 22.6. The van der Waals surface area contributed by atoms with Gasteiger partial charge in [0.25, 0.3) is 0 Å². The van der Waals surface area contributed by atoms with Gasteiger partial charge in [-0.05, 0) is 83.5 Å². The summed E-state index contributed by atoms with van der Waals surface area (Å²) >= 11 is 0. The van der Waals surface area contributed by atoms with Gasteiger partial charge in [-0.3, -0.25) is 9.59 Å². The molecule has 46 heavy (non-hydrogen) atoms. The molecular formula is C41H66O5. The van der Waals surface area contributed by atoms with Crippen LogP contribution in [0.2, 0.25) is 0 Å². The molecule has 0 rings (SSSR count). The number of unbranched alkanes of at least 4 members (excludes halogenated alkanes) is 9. The molecule has 0 aromatic rings. The van der Waals surface area contributed by atoms with E-state index in [1.165, 1.54) is 32.1 Å². The Morgan fingerprint density at radius 2 is 0.957 bits per heavy atom. The highest BCUT2D eigenvalue weighted by atomic mass is 16.6. The molecule has 0 aliphatic rings. The Kier molecular flexibility index (Phi) is 34.2. The van der Waals surface area contributed by atoms with E-state index in [4.69, 9.17) is 9.47 Å². The molecular weight excluding hydrogens is 572 g/mol. The molecule has 0 aliphatic carbocycles. The van der Waals surface area contributed by atoms with E-state index < -0.39 is 6.10 Å². The van der Waals surface area contributed by atoms with Gasteiger partial charge in [-0.15, -0.1) is 0 Å². The molecule has 0 radical (unpaired) electrons. The van der Waals surface area contributed by atoms with Gasteiger partial charge in [0.1, 0.15) is 6.61 Å². The third-order valence-electron chi connectivity index (χ3n) is 7.17. The second-order valence-electron chi connectivity index (χ2n) is 11.6. The zero-order valence-electron chi connectivity index (χ0n) is 29.3. The highest BCUT2D eigenvalue weighted by Crippen LogP contribution is 2.10. The summed E-state index contributed by atoms with van der Waals surface area (Å²) in [7, 11) is 0. The van der Waals surface area contributed by atoms with Crippen molar-refractivity contribution in [1.82, 2.24) is 0 Å². The van der Waals surface area contributed by atoms with Crippen molar-refractivity contribution in [3.05, 3.63) is 85.1 Å². The molecule has 1 atom stereocenters. The van der Waals surface area contributed by atoms with Crippen LogP contribution in [-0.4, -0.2) is 36.4 Å². The Hall–Kier alpha value is -2.92. The lowest BCUT2D eigenvalue weighted by Gasteiger charge is -2.15. The topological polar surface area (TPSA) is 72.8 Å². The van der Waals surface area contributed by atoms with Crippen molar-refractivity contribution in [3.8, 4) is 0 Å². The molecule has 1 N–H and O–H groups in total. The predicted octanol–water partition coefficient (Wildman–Crippen LogP) is 11.2. The minimum Gasteiger partial charge on any atom is -0.462 e. The lowest BCUT2D eigenvalue weighted by atomic mass is 10.1. The quantitative estimate of drug-likeness (QED) is 0.0465. The first kappa shape index (κ1) is 43.1. The van der Waals surface area contributed by atoms with Crippen molar-refractivity contribution >= 4 is 11.9 Å². The molecule has 0 aromatic heterocycles. The van der Waals surface area contributed by atoms with E-state index in [2.05, 4.69) is 98.9 Å². The molecule has 0 aromatic carbocycles. The largest absolute Gasteiger partial charge is 0.462 e. The van der Waals surface area contributed by atoms with Crippen LogP contribution in [0.15, 0.2) is 85.1 Å². The van der Waals surface area contributed by atoms with Crippen LogP contribution < -0.4 is 0 Å². The Morgan fingerprint density at radius 1 is 0.522 bits per heavy atom. The Balaban J connectivity index is 3.74. The van der Waals surface area contributed by atoms with Crippen LogP contribution in [0.4, 0.5) is 0 Å². The zero-order valence-corrected chi connectivity index (χ0v) is 29.3. The van der Waals surface area contributed by atoms with Gasteiger partial charge < -0.3 is 14.6 Å². The number of esters is 2. The third kappa shape index (κ3) is 34.0. The number of hydrogen-bond donors (Lipinski definition) is 1. The van der Waals surface area contributed by atoms with Crippen molar-refractivity contribution < 1.29 is 24.2 Å². The van der Waals surface area contributed by atoms with Crippen LogP contribution in [0.3, 0.4) is 0 Å². The maximum absolute atomic E-state index is 12.1. The van der Waals surface area contributed by atoms with Gasteiger partial charge in [-0.25, -0.2) is 0 Å². The van der Waals surface area contributed by atoms with E-state index in [1.54, 1.807) is 0 Å². The lowest BCUT2D eigenvalue weighted by molar-refractivity contribution is -0.161. The smallest absolute Gasteiger partial charge is 0.306 e. The van der Waals surface area contributed by atoms with Crippen LogP contribution in [0, 0.1) is 0 Å². The highest BCUT2D eigenvalue weighted by molar-refractivity contribution is 5.70. The van der Waals surface area contributed by atoms with Gasteiger partial charge >= 0.3 is 11.9 Å². The van der Waals surface area contributed by atoms with Crippen LogP contribution in [0.5, 0.6) is 0 Å². The average molecular weight is 639 g/mol. The third-order valence-corrected chi connectivity index (χ3v) is 7.17. The fourth-order valence-electron chi connectivity index (χ4n) is 4.44. The van der Waals surface area contributed by atoms with E-state index in [0.29, 0.717) is 12.8 Å². The van der Waals surface area contributed by atoms with Gasteiger partial charge in [0.2, 0.25) is 0 Å². The number of aliphatic hydroxyl groups is 1. The molecule has 0 spiro atoms. The van der Waals surface area contributed by atoms with Crippen molar-refractivity contribution in [2.24, 2.45) is 0 Å². The van der Waals surface area contributed by atoms with Crippen molar-refractivity contribution in [2.45, 2.75) is 148 Å². The van der Waals surface area contributed by atoms with Gasteiger partial charge in [0.15, 0.2) is 6.10 Å². The summed E-state index contributed by atoms with van der Waals surface area (Å²) in [5, 5.41) is 9.52. The van der Waals surface area contributed by atoms with Crippen molar-refractivity contribution in [3.63, 3.8) is 0 Å². The lowest BCUT2D eigenvalue weighted by Crippen LogP contribution is -2.28. The van der Waals surface area contributed by atoms with E-state index in [9.17, 15) is 14.7 Å². The average Bonchev–Trinajstić information content (AvgIpc) is 3.06. The van der Waals surface area contributed by atoms with Gasteiger partial charge in [0, 0.05) is 12.8 Å². The normalized spacial score (nSPS) is 13.2. The number of aliphatic hydroxyl groups excluding tert-OH is 1. The summed E-state index contributed by atoms with van der Waals surface area (Å²) in [5.41, 5.74) is 0. The Morgan fingerprint density at radius 3 is 1.48 bits per heavy atom. The summed E-state index contributed by atoms with van der Waals surface area (Å²) in [6, 6.07) is 0. The number of carbonyl (C=O) groups excluding carboxylic acids is 2. The first-order valence-electron chi connectivity index (χ1n) is 18.1. The Bertz CT molecular complexity index is 906. The second-order valence-corrected chi connectivity index (χ2v) is 11.6. The van der Waals surface area contributed by atoms with Crippen LogP contribution in [0.25, 0.3) is 0 Å². The van der Waals surface area contributed by atoms with Crippen LogP contribution in [-0.2, 0) is 19.1 Å². The molecule has 0 aliphatic heterocycles. The standard InChI is InChI=1S/C41H66O5/c1-3-5-7-9-11-13-15-17-19-20-22-24-26-28-30-32-34-36-41(44)46-39(37-42)38-45-40(43)35-33-31-29-27-25-23-21-18-16-14-12-10-8-6-4-2/h5,7,11-14,17-19,21-22,24,28,30,39,42H,3-4,6,8-10,15-16,20,23,25-27,29,31-38H2,1-2H3/t39-/m0/s1. The van der Waals surface area contributed by atoms with Gasteiger partial charge in [-0.2, -0.15) is 0 Å². The summed E-state index contributed by atoms with van der Waals surface area (Å²) in [6.45, 7) is 3.91. The fraction of sp³-hybridized carbons (Fsp3) is 0.610. The monoisotopic (exact) mass is 638 g/mol. The van der Waals surface area contributed by atoms with Crippen molar-refractivity contribution in [2.75, 3.05) is 13.2 Å². The summed E-state index contributed by atoms with van der Waals surface area (Å²) in [5.74, 6) is -0.685. The highest BCUT2D eigenvalue weighted by Gasteiger charge is 2.15. The zero-order chi connectivity index (χ0) is 33.6. The number of carbonyl (C=O) groups is 2. The minimum atomic E-state index is -0.810. The molecule has 0 bridgehead atoms. The first-order valence-corrected chi connectivity index (χ1v) is 18.1. The number of hydrogen-bond acceptors (Lipinski definition) is 5. The molecule has 260 valence electrons. The van der Waals surface area contributed by atoms with Crippen LogP contribution in [0.1, 0.15) is 142 Å². The van der Waals surface area contributed by atoms with E-state index in [0.717, 1.165) is 77.0 Å². The molecule has 0 saturated carbocycles. The molecule has 0 saturated heterocycles. The molecule has 0 unspecified atom stereocenters. The summed E-state index contributed by atoms with van der Waals surface area (Å²) in [4.78, 5) is 24.2. The van der Waals surface area contributed by atoms with Gasteiger partial charge in [-0.1, -0.05) is 131 Å². The van der Waals surface area contributed by atoms with Crippen LogP contribution >= 0.6 is 0 Å². The maximum Gasteiger partial charge on any atom is 0.306 e. The Labute approximate surface area is 282 Å². The van der Waals surface area contributed by atoms with Gasteiger partial charge in [0.05, 0.1) is 6.61 Å². The molecule has 0 fully saturated rings. The van der Waals surface area contributed by atoms with E-state index in [-0.39, 0.29) is 31.6 Å². The fourth-order valence-corrected chi connectivity index (χ4v) is 4.44. The summed E-state index contributed by atoms with van der Waals surface area (Å²) in [6.07, 6.45) is 49.2. The number of ether oxygens (including phenoxy) is 2. The molecule has 0 amide bonds. The number of allylic oxidation sites excluding steroid dienone is 14. The summed E-state index contributed by atoms with van der Waals surface area (Å²) < 4.78 is 10.5. The molecule has 0 heterocycles. The predicted molar refractivity (Wildman–Crippen MR) is 196 cm³/mol. The number of rotatable bonds is 31. The second kappa shape index (κ2) is 36.5. The molecule has 5 heteroatoms. The maximum atomic E-state index is 12.1. The minimum absolute atomic E-state index is 0.101. The SMILES string of the molecule is CCC=CCC=CCC=CCC=CCC=CCCCC(=O)O[C@@H](CO)COC(=O)CCCCCCCC=CCC=CCCCCC. The molecule has 5 nitrogen and oxygen atoms in total. The van der Waals surface area contributed by atoms with E-state index in [1.807, 2.05) is 0 Å². The van der Waals surface area contributed by atoms with Crippen molar-refractivity contribution in [1.29, 1.82) is 0 Å².